The van der Waals surface area contributed by atoms with E-state index < -0.39 is 11.9 Å². The lowest BCUT2D eigenvalue weighted by atomic mass is 9.91. The topological polar surface area (TPSA) is 26.3 Å². The molecule has 0 saturated heterocycles. The number of carbonyl (C=O) groups is 1. The fraction of sp³-hybridized carbons (Fsp3) is 0.909. The number of alkyl halides is 2. The Balaban J connectivity index is 2.51. The molecule has 0 spiro atoms. The van der Waals surface area contributed by atoms with Gasteiger partial charge in [-0.05, 0) is 25.2 Å². The average Bonchev–Trinajstić information content (AvgIpc) is 2.52. The van der Waals surface area contributed by atoms with Crippen LogP contribution in [0.3, 0.4) is 0 Å². The highest BCUT2D eigenvalue weighted by Crippen LogP contribution is 2.38. The first-order valence-corrected chi connectivity index (χ1v) is 5.52. The maximum Gasteiger partial charge on any atom is 0.376 e. The molecule has 4 heteroatoms. The van der Waals surface area contributed by atoms with E-state index in [9.17, 15) is 13.6 Å². The number of rotatable bonds is 4. The highest BCUT2D eigenvalue weighted by molar-refractivity contribution is 5.77. The molecule has 0 aromatic heterocycles. The molecule has 0 aromatic carbocycles. The predicted octanol–water partition coefficient (Wildman–Crippen LogP) is 3.01. The molecule has 0 N–H and O–H groups in total. The first-order chi connectivity index (χ1) is 6.97. The monoisotopic (exact) mass is 220 g/mol. The van der Waals surface area contributed by atoms with E-state index in [2.05, 4.69) is 4.74 Å². The van der Waals surface area contributed by atoms with Gasteiger partial charge in [0.2, 0.25) is 0 Å². The molecule has 1 fully saturated rings. The second-order valence-electron chi connectivity index (χ2n) is 4.30. The van der Waals surface area contributed by atoms with E-state index in [1.165, 1.54) is 6.92 Å². The molecule has 15 heavy (non-hydrogen) atoms. The Morgan fingerprint density at radius 1 is 1.47 bits per heavy atom. The second-order valence-corrected chi connectivity index (χ2v) is 4.30. The number of halogens is 2. The number of ether oxygens (including phenoxy) is 1. The van der Waals surface area contributed by atoms with Crippen molar-refractivity contribution < 1.29 is 18.3 Å². The van der Waals surface area contributed by atoms with Gasteiger partial charge in [0.25, 0.3) is 0 Å². The Bertz CT molecular complexity index is 229. The van der Waals surface area contributed by atoms with Crippen molar-refractivity contribution >= 4 is 5.97 Å². The molecule has 1 aliphatic rings. The zero-order valence-corrected chi connectivity index (χ0v) is 9.26. The van der Waals surface area contributed by atoms with Crippen LogP contribution in [0, 0.1) is 11.8 Å². The smallest absolute Gasteiger partial charge is 0.376 e. The van der Waals surface area contributed by atoms with Gasteiger partial charge >= 0.3 is 11.9 Å². The van der Waals surface area contributed by atoms with Gasteiger partial charge in [-0.1, -0.05) is 19.8 Å². The number of carbonyl (C=O) groups excluding carboxylic acids is 1. The Morgan fingerprint density at radius 2 is 2.13 bits per heavy atom. The van der Waals surface area contributed by atoms with Crippen molar-refractivity contribution in [2.24, 2.45) is 11.8 Å². The van der Waals surface area contributed by atoms with E-state index in [0.29, 0.717) is 5.92 Å². The van der Waals surface area contributed by atoms with Crippen LogP contribution in [0.5, 0.6) is 0 Å². The van der Waals surface area contributed by atoms with Crippen LogP contribution in [-0.2, 0) is 9.53 Å². The molecule has 0 aliphatic heterocycles. The summed E-state index contributed by atoms with van der Waals surface area (Å²) < 4.78 is 31.1. The fourth-order valence-corrected chi connectivity index (χ4v) is 2.17. The summed E-state index contributed by atoms with van der Waals surface area (Å²) in [6.45, 7) is 3.51. The zero-order valence-electron chi connectivity index (χ0n) is 9.26. The van der Waals surface area contributed by atoms with E-state index in [0.717, 1.165) is 19.3 Å². The van der Waals surface area contributed by atoms with Crippen molar-refractivity contribution in [2.45, 2.75) is 45.5 Å². The highest BCUT2D eigenvalue weighted by atomic mass is 19.3. The molecule has 1 rings (SSSR count). The van der Waals surface area contributed by atoms with Gasteiger partial charge in [0, 0.05) is 6.42 Å². The van der Waals surface area contributed by atoms with Crippen LogP contribution in [0.15, 0.2) is 0 Å². The summed E-state index contributed by atoms with van der Waals surface area (Å²) in [5, 5.41) is 0. The Hall–Kier alpha value is -0.670. The molecule has 0 amide bonds. The van der Waals surface area contributed by atoms with Crippen LogP contribution in [0.2, 0.25) is 0 Å². The van der Waals surface area contributed by atoms with Gasteiger partial charge in [-0.25, -0.2) is 4.79 Å². The van der Waals surface area contributed by atoms with Gasteiger partial charge in [-0.3, -0.25) is 0 Å². The van der Waals surface area contributed by atoms with Crippen molar-refractivity contribution in [2.75, 3.05) is 6.61 Å². The van der Waals surface area contributed by atoms with Gasteiger partial charge in [0.1, 0.15) is 0 Å². The minimum absolute atomic E-state index is 0.00857. The standard InChI is InChI=1S/C11H18F2O2/c1-3-15-10(14)11(12,13)7-9-6-4-5-8(9)2/h8-9H,3-7H2,1-2H3. The van der Waals surface area contributed by atoms with Crippen LogP contribution in [0.25, 0.3) is 0 Å². The zero-order chi connectivity index (χ0) is 11.5. The maximum absolute atomic E-state index is 13.4. The van der Waals surface area contributed by atoms with E-state index in [4.69, 9.17) is 0 Å². The molecule has 0 bridgehead atoms. The van der Waals surface area contributed by atoms with Crippen molar-refractivity contribution in [3.05, 3.63) is 0 Å². The van der Waals surface area contributed by atoms with Gasteiger partial charge < -0.3 is 4.74 Å². The molecule has 0 radical (unpaired) electrons. The third kappa shape index (κ3) is 3.14. The lowest BCUT2D eigenvalue weighted by Gasteiger charge is -2.21. The van der Waals surface area contributed by atoms with E-state index in [-0.39, 0.29) is 18.9 Å². The van der Waals surface area contributed by atoms with Gasteiger partial charge in [0.15, 0.2) is 0 Å². The third-order valence-electron chi connectivity index (χ3n) is 3.13. The predicted molar refractivity (Wildman–Crippen MR) is 52.7 cm³/mol. The minimum atomic E-state index is -3.31. The Labute approximate surface area is 89.0 Å². The quantitative estimate of drug-likeness (QED) is 0.681. The summed E-state index contributed by atoms with van der Waals surface area (Å²) in [7, 11) is 0. The molecule has 2 nitrogen and oxygen atoms in total. The van der Waals surface area contributed by atoms with Crippen LogP contribution in [-0.4, -0.2) is 18.5 Å². The second kappa shape index (κ2) is 4.90. The van der Waals surface area contributed by atoms with Crippen molar-refractivity contribution in [1.82, 2.24) is 0 Å². The van der Waals surface area contributed by atoms with Gasteiger partial charge in [0.05, 0.1) is 6.61 Å². The molecule has 0 aromatic rings. The van der Waals surface area contributed by atoms with Gasteiger partial charge in [-0.15, -0.1) is 0 Å². The molecular formula is C11H18F2O2. The van der Waals surface area contributed by atoms with E-state index in [1.807, 2.05) is 6.92 Å². The summed E-state index contributed by atoms with van der Waals surface area (Å²) in [5.41, 5.74) is 0. The molecule has 2 unspecified atom stereocenters. The molecule has 88 valence electrons. The lowest BCUT2D eigenvalue weighted by molar-refractivity contribution is -0.174. The first-order valence-electron chi connectivity index (χ1n) is 5.52. The largest absolute Gasteiger partial charge is 0.462 e. The van der Waals surface area contributed by atoms with Crippen LogP contribution in [0.1, 0.15) is 39.5 Å². The fourth-order valence-electron chi connectivity index (χ4n) is 2.17. The third-order valence-corrected chi connectivity index (χ3v) is 3.13. The highest BCUT2D eigenvalue weighted by Gasteiger charge is 2.44. The average molecular weight is 220 g/mol. The normalized spacial score (nSPS) is 26.7. The summed E-state index contributed by atoms with van der Waals surface area (Å²) in [6.07, 6.45) is 2.43. The number of hydrogen-bond acceptors (Lipinski definition) is 2. The van der Waals surface area contributed by atoms with Crippen molar-refractivity contribution in [3.63, 3.8) is 0 Å². The first kappa shape index (κ1) is 12.4. The SMILES string of the molecule is CCOC(=O)C(F)(F)CC1CCCC1C. The van der Waals surface area contributed by atoms with Crippen LogP contribution in [0.4, 0.5) is 8.78 Å². The summed E-state index contributed by atoms with van der Waals surface area (Å²) >= 11 is 0. The molecule has 1 aliphatic carbocycles. The molecular weight excluding hydrogens is 202 g/mol. The maximum atomic E-state index is 13.4. The van der Waals surface area contributed by atoms with Crippen molar-refractivity contribution in [1.29, 1.82) is 0 Å². The Kier molecular flexibility index (Phi) is 4.05. The summed E-state index contributed by atoms with van der Waals surface area (Å²) in [4.78, 5) is 11.0. The van der Waals surface area contributed by atoms with Crippen molar-refractivity contribution in [3.8, 4) is 0 Å². The van der Waals surface area contributed by atoms with Gasteiger partial charge in [-0.2, -0.15) is 8.78 Å². The lowest BCUT2D eigenvalue weighted by Crippen LogP contribution is -2.33. The van der Waals surface area contributed by atoms with Crippen LogP contribution < -0.4 is 0 Å². The molecule has 1 saturated carbocycles. The summed E-state index contributed by atoms with van der Waals surface area (Å²) in [6, 6.07) is 0. The molecule has 0 heterocycles. The number of hydrogen-bond donors (Lipinski definition) is 0. The van der Waals surface area contributed by atoms with Crippen LogP contribution >= 0.6 is 0 Å². The minimum Gasteiger partial charge on any atom is -0.462 e. The Morgan fingerprint density at radius 3 is 2.60 bits per heavy atom. The van der Waals surface area contributed by atoms with E-state index in [1.54, 1.807) is 0 Å². The van der Waals surface area contributed by atoms with E-state index >= 15 is 0 Å². The summed E-state index contributed by atoms with van der Waals surface area (Å²) in [5.74, 6) is -4.42. The number of esters is 1. The molecule has 2 atom stereocenters.